The number of thioether (sulfide) groups is 1. The second kappa shape index (κ2) is 5.23. The Morgan fingerprint density at radius 1 is 1.45 bits per heavy atom. The van der Waals surface area contributed by atoms with Crippen molar-refractivity contribution in [3.8, 4) is 0 Å². The molecular weight excluding hydrogens is 314 g/mol. The highest BCUT2D eigenvalue weighted by Gasteiger charge is 2.13. The fraction of sp³-hybridized carbons (Fsp3) is 0.250. The first kappa shape index (κ1) is 13.7. The minimum atomic E-state index is 0.521. The van der Waals surface area contributed by atoms with Gasteiger partial charge < -0.3 is 5.73 Å². The van der Waals surface area contributed by atoms with Crippen LogP contribution >= 0.6 is 34.7 Å². The van der Waals surface area contributed by atoms with Crippen molar-refractivity contribution in [3.63, 3.8) is 0 Å². The van der Waals surface area contributed by atoms with Gasteiger partial charge in [-0.25, -0.2) is 9.97 Å². The van der Waals surface area contributed by atoms with Gasteiger partial charge in [0.1, 0.15) is 15.8 Å². The number of nitrogens with zero attached hydrogens (tertiary/aromatic N) is 4. The molecule has 0 amide bonds. The number of fused-ring (bicyclic) bond motifs is 1. The summed E-state index contributed by atoms with van der Waals surface area (Å²) in [6.45, 7) is 1.94. The summed E-state index contributed by atoms with van der Waals surface area (Å²) < 4.78 is 1.67. The van der Waals surface area contributed by atoms with Gasteiger partial charge in [-0.15, -0.1) is 11.3 Å². The lowest BCUT2D eigenvalue weighted by molar-refractivity contribution is 0.757. The molecule has 0 spiro atoms. The van der Waals surface area contributed by atoms with Crippen molar-refractivity contribution in [1.29, 1.82) is 0 Å². The van der Waals surface area contributed by atoms with E-state index in [0.29, 0.717) is 21.9 Å². The van der Waals surface area contributed by atoms with Crippen LogP contribution in [0.5, 0.6) is 0 Å². The summed E-state index contributed by atoms with van der Waals surface area (Å²) in [6, 6.07) is 1.94. The Labute approximate surface area is 129 Å². The summed E-state index contributed by atoms with van der Waals surface area (Å²) in [5, 5.41) is 8.48. The Morgan fingerprint density at radius 3 is 2.95 bits per heavy atom. The maximum absolute atomic E-state index is 6.21. The second-order valence-corrected chi connectivity index (χ2v) is 6.49. The first-order chi connectivity index (χ1) is 9.56. The summed E-state index contributed by atoms with van der Waals surface area (Å²) >= 11 is 9.29. The van der Waals surface area contributed by atoms with Gasteiger partial charge in [-0.2, -0.15) is 5.10 Å². The van der Waals surface area contributed by atoms with E-state index >= 15 is 0 Å². The van der Waals surface area contributed by atoms with Crippen LogP contribution in [0.3, 0.4) is 0 Å². The van der Waals surface area contributed by atoms with Crippen molar-refractivity contribution < 1.29 is 0 Å². The Bertz CT molecular complexity index is 780. The quantitative estimate of drug-likeness (QED) is 0.591. The van der Waals surface area contributed by atoms with Crippen LogP contribution in [0.2, 0.25) is 5.15 Å². The predicted molar refractivity (Wildman–Crippen MR) is 84.3 cm³/mol. The molecule has 2 N–H and O–H groups in total. The minimum Gasteiger partial charge on any atom is -0.383 e. The normalized spacial score (nSPS) is 11.3. The van der Waals surface area contributed by atoms with Crippen molar-refractivity contribution in [2.75, 3.05) is 5.73 Å². The van der Waals surface area contributed by atoms with E-state index in [0.717, 1.165) is 21.5 Å². The monoisotopic (exact) mass is 325 g/mol. The molecule has 0 aliphatic rings. The fourth-order valence-corrected chi connectivity index (χ4v) is 3.98. The van der Waals surface area contributed by atoms with E-state index in [1.807, 2.05) is 25.4 Å². The van der Waals surface area contributed by atoms with Gasteiger partial charge in [0.2, 0.25) is 0 Å². The molecule has 0 aliphatic carbocycles. The van der Waals surface area contributed by atoms with Gasteiger partial charge in [-0.05, 0) is 18.4 Å². The number of nitrogens with two attached hydrogens (primary N) is 1. The molecule has 0 saturated heterocycles. The zero-order valence-electron chi connectivity index (χ0n) is 10.9. The standard InChI is InChI=1S/C12H12ClN5S2/c1-6-8(9(13)18(2)17-6)5-20-12-15-10(14)7-3-4-19-11(7)16-12/h3-4H,5H2,1-2H3,(H2,14,15,16). The van der Waals surface area contributed by atoms with Crippen LogP contribution < -0.4 is 5.73 Å². The molecular formula is C12H12ClN5S2. The summed E-state index contributed by atoms with van der Waals surface area (Å²) in [4.78, 5) is 9.73. The molecule has 3 heterocycles. The molecule has 5 nitrogen and oxygen atoms in total. The minimum absolute atomic E-state index is 0.521. The molecule has 0 radical (unpaired) electrons. The molecule has 3 rings (SSSR count). The Morgan fingerprint density at radius 2 is 2.25 bits per heavy atom. The van der Waals surface area contributed by atoms with E-state index in [4.69, 9.17) is 17.3 Å². The maximum atomic E-state index is 6.21. The highest BCUT2D eigenvalue weighted by molar-refractivity contribution is 7.98. The van der Waals surface area contributed by atoms with E-state index in [-0.39, 0.29) is 0 Å². The number of hydrogen-bond donors (Lipinski definition) is 1. The van der Waals surface area contributed by atoms with E-state index in [2.05, 4.69) is 15.1 Å². The Balaban J connectivity index is 1.86. The molecule has 0 saturated carbocycles. The van der Waals surface area contributed by atoms with Crippen molar-refractivity contribution in [2.45, 2.75) is 17.8 Å². The molecule has 104 valence electrons. The van der Waals surface area contributed by atoms with Gasteiger partial charge in [-0.1, -0.05) is 23.4 Å². The summed E-state index contributed by atoms with van der Waals surface area (Å²) in [6.07, 6.45) is 0. The number of rotatable bonds is 3. The summed E-state index contributed by atoms with van der Waals surface area (Å²) in [5.41, 5.74) is 7.87. The molecule has 8 heteroatoms. The maximum Gasteiger partial charge on any atom is 0.191 e. The second-order valence-electron chi connectivity index (χ2n) is 4.30. The van der Waals surface area contributed by atoms with Crippen LogP contribution in [0, 0.1) is 6.92 Å². The van der Waals surface area contributed by atoms with E-state index in [1.54, 1.807) is 16.0 Å². The number of hydrogen-bond acceptors (Lipinski definition) is 6. The number of aromatic nitrogens is 4. The number of thiophene rings is 1. The zero-order chi connectivity index (χ0) is 14.3. The molecule has 0 unspecified atom stereocenters. The lowest BCUT2D eigenvalue weighted by Crippen LogP contribution is -1.95. The van der Waals surface area contributed by atoms with Crippen LogP contribution in [0.15, 0.2) is 16.6 Å². The molecule has 0 atom stereocenters. The summed E-state index contributed by atoms with van der Waals surface area (Å²) in [5.74, 6) is 1.20. The van der Waals surface area contributed by atoms with Crippen LogP contribution in [0.25, 0.3) is 10.2 Å². The number of halogens is 1. The third kappa shape index (κ3) is 2.36. The summed E-state index contributed by atoms with van der Waals surface area (Å²) in [7, 11) is 1.83. The first-order valence-corrected chi connectivity index (χ1v) is 8.12. The Kier molecular flexibility index (Phi) is 3.57. The van der Waals surface area contributed by atoms with Crippen LogP contribution in [0.4, 0.5) is 5.82 Å². The van der Waals surface area contributed by atoms with Crippen molar-refractivity contribution in [2.24, 2.45) is 7.05 Å². The largest absolute Gasteiger partial charge is 0.383 e. The van der Waals surface area contributed by atoms with Crippen LogP contribution in [-0.4, -0.2) is 19.7 Å². The molecule has 0 fully saturated rings. The molecule has 3 aromatic heterocycles. The van der Waals surface area contributed by atoms with Gasteiger partial charge in [0.05, 0.1) is 11.1 Å². The van der Waals surface area contributed by atoms with Gasteiger partial charge in [0.25, 0.3) is 0 Å². The first-order valence-electron chi connectivity index (χ1n) is 5.87. The lowest BCUT2D eigenvalue weighted by Gasteiger charge is -2.02. The average Bonchev–Trinajstić information content (AvgIpc) is 2.95. The third-order valence-corrected chi connectivity index (χ3v) is 5.10. The lowest BCUT2D eigenvalue weighted by atomic mass is 10.3. The molecule has 0 aromatic carbocycles. The molecule has 3 aromatic rings. The van der Waals surface area contributed by atoms with Crippen molar-refractivity contribution >= 4 is 50.7 Å². The van der Waals surface area contributed by atoms with Gasteiger partial charge in [-0.3, -0.25) is 4.68 Å². The topological polar surface area (TPSA) is 69.6 Å². The highest BCUT2D eigenvalue weighted by atomic mass is 35.5. The highest BCUT2D eigenvalue weighted by Crippen LogP contribution is 2.30. The fourth-order valence-electron chi connectivity index (χ4n) is 1.90. The van der Waals surface area contributed by atoms with Crippen LogP contribution in [-0.2, 0) is 12.8 Å². The Hall–Kier alpha value is -1.31. The van der Waals surface area contributed by atoms with Crippen LogP contribution in [0.1, 0.15) is 11.3 Å². The predicted octanol–water partition coefficient (Wildman–Crippen LogP) is 3.26. The number of nitrogen functional groups attached to an aromatic ring is 1. The van der Waals surface area contributed by atoms with Gasteiger partial charge in [0, 0.05) is 18.4 Å². The number of anilines is 1. The molecule has 0 bridgehead atoms. The van der Waals surface area contributed by atoms with Gasteiger partial charge >= 0.3 is 0 Å². The van der Waals surface area contributed by atoms with Gasteiger partial charge in [0.15, 0.2) is 5.16 Å². The van der Waals surface area contributed by atoms with Crippen molar-refractivity contribution in [1.82, 2.24) is 19.7 Å². The third-order valence-electron chi connectivity index (χ3n) is 2.95. The zero-order valence-corrected chi connectivity index (χ0v) is 13.3. The van der Waals surface area contributed by atoms with Crippen molar-refractivity contribution in [3.05, 3.63) is 27.9 Å². The number of aryl methyl sites for hydroxylation is 2. The molecule has 20 heavy (non-hydrogen) atoms. The smallest absolute Gasteiger partial charge is 0.191 e. The van der Waals surface area contributed by atoms with E-state index in [1.165, 1.54) is 11.8 Å². The van der Waals surface area contributed by atoms with E-state index in [9.17, 15) is 0 Å². The average molecular weight is 326 g/mol. The molecule has 0 aliphatic heterocycles. The SMILES string of the molecule is Cc1nn(C)c(Cl)c1CSc1nc(N)c2ccsc2n1. The van der Waals surface area contributed by atoms with E-state index < -0.39 is 0 Å².